The van der Waals surface area contributed by atoms with Crippen LogP contribution in [0.25, 0.3) is 0 Å². The van der Waals surface area contributed by atoms with Crippen LogP contribution in [-0.2, 0) is 0 Å². The topological polar surface area (TPSA) is 29.1 Å². The van der Waals surface area contributed by atoms with Gasteiger partial charge in [-0.2, -0.15) is 0 Å². The summed E-state index contributed by atoms with van der Waals surface area (Å²) in [5.41, 5.74) is 0.652. The van der Waals surface area contributed by atoms with E-state index >= 15 is 0 Å². The molecule has 0 heterocycles. The molecule has 0 bridgehead atoms. The molecule has 1 N–H and O–H groups in total. The number of thiol groups is 1. The fourth-order valence-corrected chi connectivity index (χ4v) is 2.91. The summed E-state index contributed by atoms with van der Waals surface area (Å²) in [5.74, 6) is 0.675. The van der Waals surface area contributed by atoms with Gasteiger partial charge in [0.1, 0.15) is 0 Å². The summed E-state index contributed by atoms with van der Waals surface area (Å²) < 4.78 is 0.939. The van der Waals surface area contributed by atoms with Gasteiger partial charge in [-0.3, -0.25) is 4.79 Å². The Morgan fingerprint density at radius 3 is 3.00 bits per heavy atom. The molecule has 1 fully saturated rings. The van der Waals surface area contributed by atoms with Crippen LogP contribution < -0.4 is 5.32 Å². The predicted molar refractivity (Wildman–Crippen MR) is 75.7 cm³/mol. The SMILES string of the molecule is CCCC1CC1NC(=O)c1ccc(Br)cc1S. The second-order valence-corrected chi connectivity index (χ2v) is 5.92. The molecule has 1 aliphatic rings. The van der Waals surface area contributed by atoms with E-state index in [0.717, 1.165) is 10.9 Å². The molecular weight excluding hydrogens is 298 g/mol. The van der Waals surface area contributed by atoms with E-state index in [9.17, 15) is 4.79 Å². The van der Waals surface area contributed by atoms with Crippen LogP contribution >= 0.6 is 28.6 Å². The molecule has 4 heteroatoms. The van der Waals surface area contributed by atoms with Crippen LogP contribution in [0.1, 0.15) is 36.5 Å². The minimum atomic E-state index is -0.00824. The van der Waals surface area contributed by atoms with Gasteiger partial charge in [-0.25, -0.2) is 0 Å². The first kappa shape index (κ1) is 13.0. The van der Waals surface area contributed by atoms with Crippen LogP contribution in [0.5, 0.6) is 0 Å². The van der Waals surface area contributed by atoms with Gasteiger partial charge in [-0.05, 0) is 37.0 Å². The Labute approximate surface area is 116 Å². The minimum absolute atomic E-state index is 0.00824. The van der Waals surface area contributed by atoms with E-state index in [0.29, 0.717) is 22.4 Å². The number of halogens is 1. The Morgan fingerprint density at radius 2 is 2.35 bits per heavy atom. The lowest BCUT2D eigenvalue weighted by Crippen LogP contribution is -2.27. The Balaban J connectivity index is 1.96. The van der Waals surface area contributed by atoms with Crippen molar-refractivity contribution in [2.24, 2.45) is 5.92 Å². The molecule has 1 aliphatic carbocycles. The molecule has 0 saturated heterocycles. The molecule has 2 unspecified atom stereocenters. The molecule has 0 radical (unpaired) electrons. The Kier molecular flexibility index (Phi) is 4.15. The van der Waals surface area contributed by atoms with Crippen molar-refractivity contribution in [3.63, 3.8) is 0 Å². The van der Waals surface area contributed by atoms with Crippen molar-refractivity contribution in [3.05, 3.63) is 28.2 Å². The maximum Gasteiger partial charge on any atom is 0.252 e. The Hall–Kier alpha value is -0.480. The molecule has 1 saturated carbocycles. The highest BCUT2D eigenvalue weighted by Crippen LogP contribution is 2.35. The fourth-order valence-electron chi connectivity index (χ4n) is 2.06. The van der Waals surface area contributed by atoms with Crippen molar-refractivity contribution in [1.29, 1.82) is 0 Å². The van der Waals surface area contributed by atoms with Crippen LogP contribution in [0.4, 0.5) is 0 Å². The van der Waals surface area contributed by atoms with Gasteiger partial charge in [-0.1, -0.05) is 29.3 Å². The lowest BCUT2D eigenvalue weighted by atomic mass is 10.2. The van der Waals surface area contributed by atoms with Crippen molar-refractivity contribution in [3.8, 4) is 0 Å². The first-order valence-electron chi connectivity index (χ1n) is 5.91. The molecule has 1 amide bonds. The number of hydrogen-bond acceptors (Lipinski definition) is 2. The van der Waals surface area contributed by atoms with E-state index in [4.69, 9.17) is 0 Å². The molecule has 0 aliphatic heterocycles. The first-order chi connectivity index (χ1) is 8.11. The highest BCUT2D eigenvalue weighted by molar-refractivity contribution is 9.10. The van der Waals surface area contributed by atoms with Crippen molar-refractivity contribution in [2.45, 2.75) is 37.1 Å². The monoisotopic (exact) mass is 313 g/mol. The van der Waals surface area contributed by atoms with E-state index in [1.807, 2.05) is 12.1 Å². The minimum Gasteiger partial charge on any atom is -0.349 e. The van der Waals surface area contributed by atoms with Gasteiger partial charge < -0.3 is 5.32 Å². The van der Waals surface area contributed by atoms with E-state index < -0.39 is 0 Å². The average Bonchev–Trinajstić information content (AvgIpc) is 2.96. The van der Waals surface area contributed by atoms with Crippen LogP contribution in [0.3, 0.4) is 0 Å². The van der Waals surface area contributed by atoms with Gasteiger partial charge in [-0.15, -0.1) is 12.6 Å². The van der Waals surface area contributed by atoms with Crippen molar-refractivity contribution >= 4 is 34.5 Å². The molecule has 2 atom stereocenters. The number of carbonyl (C=O) groups is 1. The maximum atomic E-state index is 12.0. The van der Waals surface area contributed by atoms with Gasteiger partial charge in [0.2, 0.25) is 0 Å². The summed E-state index contributed by atoms with van der Waals surface area (Å²) in [6.07, 6.45) is 3.52. The van der Waals surface area contributed by atoms with Gasteiger partial charge in [0.15, 0.2) is 0 Å². The number of nitrogens with one attached hydrogen (secondary N) is 1. The average molecular weight is 314 g/mol. The largest absolute Gasteiger partial charge is 0.349 e. The quantitative estimate of drug-likeness (QED) is 0.816. The van der Waals surface area contributed by atoms with Crippen LogP contribution in [0.15, 0.2) is 27.6 Å². The standard InChI is InChI=1S/C13H16BrNOS/c1-2-3-8-6-11(8)15-13(16)10-5-4-9(14)7-12(10)17/h4-5,7-8,11,17H,2-3,6H2,1H3,(H,15,16). The van der Waals surface area contributed by atoms with E-state index in [-0.39, 0.29) is 5.91 Å². The second-order valence-electron chi connectivity index (χ2n) is 4.53. The number of rotatable bonds is 4. The lowest BCUT2D eigenvalue weighted by Gasteiger charge is -2.07. The fraction of sp³-hybridized carbons (Fsp3) is 0.462. The zero-order valence-electron chi connectivity index (χ0n) is 9.74. The Bertz CT molecular complexity index is 435. The normalized spacial score (nSPS) is 22.3. The molecule has 0 spiro atoms. The molecule has 17 heavy (non-hydrogen) atoms. The van der Waals surface area contributed by atoms with Crippen LogP contribution in [0.2, 0.25) is 0 Å². The van der Waals surface area contributed by atoms with E-state index in [1.54, 1.807) is 6.07 Å². The first-order valence-corrected chi connectivity index (χ1v) is 7.15. The molecule has 2 nitrogen and oxygen atoms in total. The number of carbonyl (C=O) groups excluding carboxylic acids is 1. The molecule has 92 valence electrons. The van der Waals surface area contributed by atoms with Crippen molar-refractivity contribution < 1.29 is 4.79 Å². The van der Waals surface area contributed by atoms with Gasteiger partial charge in [0.25, 0.3) is 5.91 Å². The van der Waals surface area contributed by atoms with Gasteiger partial charge in [0, 0.05) is 15.4 Å². The third kappa shape index (κ3) is 3.26. The van der Waals surface area contributed by atoms with E-state index in [2.05, 4.69) is 40.8 Å². The molecule has 1 aromatic rings. The van der Waals surface area contributed by atoms with Gasteiger partial charge >= 0.3 is 0 Å². The highest BCUT2D eigenvalue weighted by atomic mass is 79.9. The number of benzene rings is 1. The second kappa shape index (κ2) is 5.44. The van der Waals surface area contributed by atoms with Crippen molar-refractivity contribution in [1.82, 2.24) is 5.32 Å². The number of hydrogen-bond donors (Lipinski definition) is 2. The lowest BCUT2D eigenvalue weighted by molar-refractivity contribution is 0.0946. The third-order valence-electron chi connectivity index (χ3n) is 3.10. The number of amides is 1. The van der Waals surface area contributed by atoms with E-state index in [1.165, 1.54) is 12.8 Å². The summed E-state index contributed by atoms with van der Waals surface area (Å²) in [6, 6.07) is 5.89. The summed E-state index contributed by atoms with van der Waals surface area (Å²) in [5, 5.41) is 3.06. The zero-order valence-corrected chi connectivity index (χ0v) is 12.2. The van der Waals surface area contributed by atoms with Crippen LogP contribution in [-0.4, -0.2) is 11.9 Å². The van der Waals surface area contributed by atoms with Crippen LogP contribution in [0, 0.1) is 5.92 Å². The van der Waals surface area contributed by atoms with Crippen molar-refractivity contribution in [2.75, 3.05) is 0 Å². The smallest absolute Gasteiger partial charge is 0.252 e. The Morgan fingerprint density at radius 1 is 1.59 bits per heavy atom. The molecule has 2 rings (SSSR count). The predicted octanol–water partition coefficient (Wildman–Crippen LogP) is 3.66. The molecule has 1 aromatic carbocycles. The zero-order chi connectivity index (χ0) is 12.4. The molecule has 0 aromatic heterocycles. The third-order valence-corrected chi connectivity index (χ3v) is 3.97. The highest BCUT2D eigenvalue weighted by Gasteiger charge is 2.37. The summed E-state index contributed by atoms with van der Waals surface area (Å²) >= 11 is 7.68. The summed E-state index contributed by atoms with van der Waals surface area (Å²) in [7, 11) is 0. The van der Waals surface area contributed by atoms with Gasteiger partial charge in [0.05, 0.1) is 5.56 Å². The summed E-state index contributed by atoms with van der Waals surface area (Å²) in [6.45, 7) is 2.18. The molecular formula is C13H16BrNOS. The maximum absolute atomic E-state index is 12.0. The summed E-state index contributed by atoms with van der Waals surface area (Å²) in [4.78, 5) is 12.7.